The number of nitrogens with one attached hydrogen (secondary N) is 2. The molecule has 246 valence electrons. The molecule has 0 saturated heterocycles. The Kier molecular flexibility index (Phi) is 9.52. The highest BCUT2D eigenvalue weighted by Gasteiger charge is 2.45. The van der Waals surface area contributed by atoms with Crippen LogP contribution in [0, 0.1) is 18.3 Å². The summed E-state index contributed by atoms with van der Waals surface area (Å²) in [7, 11) is 2.27. The van der Waals surface area contributed by atoms with Gasteiger partial charge >= 0.3 is 12.3 Å². The number of ether oxygens (including phenoxy) is 1. The van der Waals surface area contributed by atoms with Gasteiger partial charge in [-0.25, -0.2) is 24.5 Å². The number of alkyl halides is 5. The number of nitriles is 1. The number of rotatable bonds is 7. The molecule has 0 aliphatic rings. The fourth-order valence-corrected chi connectivity index (χ4v) is 4.63. The minimum atomic E-state index is -5.22. The number of halogens is 6. The maximum Gasteiger partial charge on any atom is 0.433 e. The fraction of sp³-hybridized carbons (Fsp3) is 0.250. The summed E-state index contributed by atoms with van der Waals surface area (Å²) in [6, 6.07) is 8.36. The molecule has 1 aromatic carbocycles. The molecule has 3 amide bonds. The summed E-state index contributed by atoms with van der Waals surface area (Å²) >= 11 is 6.29. The highest BCUT2D eigenvalue weighted by Crippen LogP contribution is 2.39. The van der Waals surface area contributed by atoms with E-state index in [1.165, 1.54) is 38.4 Å². The van der Waals surface area contributed by atoms with Crippen LogP contribution in [0.1, 0.15) is 56.0 Å². The third-order valence-corrected chi connectivity index (χ3v) is 6.75. The molecule has 0 unspecified atom stereocenters. The molecule has 4 aromatic rings. The SMILES string of the molecule is COC(=O)N(C)NC(=O)c1cc(C#N)cc(C)c1NC(=O)c1cc(Cn2cnc(C(C)(F)F)c2C(F)(F)F)nn1-c1ncccc1Cl. The first-order valence-corrected chi connectivity index (χ1v) is 13.5. The predicted octanol–water partition coefficient (Wildman–Crippen LogP) is 5.07. The molecule has 0 aliphatic carbocycles. The van der Waals surface area contributed by atoms with Crippen LogP contribution < -0.4 is 10.7 Å². The van der Waals surface area contributed by atoms with E-state index in [-0.39, 0.29) is 51.5 Å². The van der Waals surface area contributed by atoms with Gasteiger partial charge in [-0.15, -0.1) is 0 Å². The number of aryl methyl sites for hydroxylation is 1. The highest BCUT2D eigenvalue weighted by molar-refractivity contribution is 6.32. The average Bonchev–Trinajstić information content (AvgIpc) is 3.62. The van der Waals surface area contributed by atoms with Crippen LogP contribution in [-0.2, 0) is 23.4 Å². The van der Waals surface area contributed by atoms with Crippen molar-refractivity contribution in [1.82, 2.24) is 34.8 Å². The van der Waals surface area contributed by atoms with Crippen LogP contribution in [0.5, 0.6) is 0 Å². The van der Waals surface area contributed by atoms with Gasteiger partial charge in [-0.3, -0.25) is 15.0 Å². The normalized spacial score (nSPS) is 11.5. The summed E-state index contributed by atoms with van der Waals surface area (Å²) in [5.41, 5.74) is -1.56. The van der Waals surface area contributed by atoms with Crippen LogP contribution in [0.15, 0.2) is 42.9 Å². The molecule has 47 heavy (non-hydrogen) atoms. The standard InChI is InChI=1S/C28H23ClF5N9O4/c1-14-8-15(11-35)9-17(24(44)40-41(3)26(46)47-4)20(14)38-25(45)19-10-16(39-43(19)23-18(29)6-5-7-36-23)12-42-13-37-21(27(2,30)31)22(42)28(32,33)34/h5-10,13H,12H2,1-4H3,(H,38,45)(H,40,44). The van der Waals surface area contributed by atoms with E-state index in [4.69, 9.17) is 11.6 Å². The van der Waals surface area contributed by atoms with Crippen molar-refractivity contribution in [2.45, 2.75) is 32.5 Å². The van der Waals surface area contributed by atoms with Crippen molar-refractivity contribution >= 4 is 35.2 Å². The van der Waals surface area contributed by atoms with Crippen molar-refractivity contribution in [2.24, 2.45) is 0 Å². The van der Waals surface area contributed by atoms with Gasteiger partial charge in [-0.2, -0.15) is 32.3 Å². The lowest BCUT2D eigenvalue weighted by Crippen LogP contribution is -2.43. The number of amides is 3. The van der Waals surface area contributed by atoms with Gasteiger partial charge in [0, 0.05) is 20.2 Å². The number of pyridine rings is 1. The first kappa shape index (κ1) is 34.3. The number of imidazole rings is 1. The molecule has 0 bridgehead atoms. The lowest BCUT2D eigenvalue weighted by atomic mass is 10.0. The molecule has 0 aliphatic heterocycles. The summed E-state index contributed by atoms with van der Waals surface area (Å²) < 4.78 is 75.6. The summed E-state index contributed by atoms with van der Waals surface area (Å²) in [6.45, 7) is 1.01. The van der Waals surface area contributed by atoms with Crippen molar-refractivity contribution in [3.8, 4) is 11.9 Å². The summed E-state index contributed by atoms with van der Waals surface area (Å²) in [6.07, 6.45) is -4.26. The monoisotopic (exact) mass is 679 g/mol. The smallest absolute Gasteiger partial charge is 0.433 e. The number of aromatic nitrogens is 5. The Morgan fingerprint density at radius 2 is 1.83 bits per heavy atom. The average molecular weight is 680 g/mol. The second-order valence-electron chi connectivity index (χ2n) is 9.95. The van der Waals surface area contributed by atoms with Crippen molar-refractivity contribution in [3.05, 3.63) is 87.3 Å². The number of hydrogen-bond acceptors (Lipinski definition) is 8. The molecule has 3 aromatic heterocycles. The molecule has 13 nitrogen and oxygen atoms in total. The largest absolute Gasteiger partial charge is 0.452 e. The molecule has 3 heterocycles. The minimum Gasteiger partial charge on any atom is -0.452 e. The lowest BCUT2D eigenvalue weighted by molar-refractivity contribution is -0.147. The first-order chi connectivity index (χ1) is 22.0. The molecule has 0 radical (unpaired) electrons. The van der Waals surface area contributed by atoms with Gasteiger partial charge < -0.3 is 14.6 Å². The summed E-state index contributed by atoms with van der Waals surface area (Å²) in [5, 5.41) is 16.9. The van der Waals surface area contributed by atoms with E-state index in [1.807, 2.05) is 6.07 Å². The molecular weight excluding hydrogens is 657 g/mol. The van der Waals surface area contributed by atoms with Crippen LogP contribution >= 0.6 is 11.6 Å². The first-order valence-electron chi connectivity index (χ1n) is 13.2. The number of nitrogens with zero attached hydrogens (tertiary/aromatic N) is 7. The Labute approximate surface area is 267 Å². The number of carbonyl (C=O) groups excluding carboxylic acids is 3. The number of anilines is 1. The van der Waals surface area contributed by atoms with Crippen LogP contribution in [0.2, 0.25) is 5.02 Å². The Morgan fingerprint density at radius 1 is 1.13 bits per heavy atom. The number of hydrogen-bond donors (Lipinski definition) is 2. The van der Waals surface area contributed by atoms with Crippen LogP contribution in [0.3, 0.4) is 0 Å². The van der Waals surface area contributed by atoms with E-state index in [9.17, 15) is 41.6 Å². The molecule has 0 spiro atoms. The van der Waals surface area contributed by atoms with Crippen molar-refractivity contribution in [1.29, 1.82) is 5.26 Å². The van der Waals surface area contributed by atoms with Crippen LogP contribution in [0.4, 0.5) is 32.4 Å². The fourth-order valence-electron chi connectivity index (χ4n) is 4.43. The third kappa shape index (κ3) is 7.30. The Morgan fingerprint density at radius 3 is 2.43 bits per heavy atom. The number of hydrazine groups is 1. The maximum atomic E-state index is 14.0. The summed E-state index contributed by atoms with van der Waals surface area (Å²) in [4.78, 5) is 46.1. The van der Waals surface area contributed by atoms with Gasteiger partial charge in [0.05, 0.1) is 53.6 Å². The van der Waals surface area contributed by atoms with Crippen LogP contribution in [0.25, 0.3) is 5.82 Å². The minimum absolute atomic E-state index is 0.0109. The van der Waals surface area contributed by atoms with E-state index in [1.54, 1.807) is 0 Å². The van der Waals surface area contributed by atoms with Crippen molar-refractivity contribution < 1.29 is 41.1 Å². The Hall–Kier alpha value is -5.57. The van der Waals surface area contributed by atoms with Gasteiger partial charge in [-0.05, 0) is 42.8 Å². The topological polar surface area (TPSA) is 160 Å². The van der Waals surface area contributed by atoms with Gasteiger partial charge in [0.1, 0.15) is 11.4 Å². The molecule has 0 fully saturated rings. The zero-order valence-corrected chi connectivity index (χ0v) is 25.5. The van der Waals surface area contributed by atoms with E-state index >= 15 is 0 Å². The molecular formula is C28H23ClF5N9O4. The highest BCUT2D eigenvalue weighted by atomic mass is 35.5. The van der Waals surface area contributed by atoms with Crippen molar-refractivity contribution in [3.63, 3.8) is 0 Å². The molecule has 19 heteroatoms. The summed E-state index contributed by atoms with van der Waals surface area (Å²) in [5.74, 6) is -5.91. The lowest BCUT2D eigenvalue weighted by Gasteiger charge is -2.19. The number of benzene rings is 1. The third-order valence-electron chi connectivity index (χ3n) is 6.45. The number of carbonyl (C=O) groups is 3. The molecule has 2 N–H and O–H groups in total. The van der Waals surface area contributed by atoms with Crippen LogP contribution in [-0.4, -0.2) is 61.4 Å². The van der Waals surface area contributed by atoms with E-state index in [0.29, 0.717) is 10.9 Å². The zero-order valence-electron chi connectivity index (χ0n) is 24.8. The molecule has 0 saturated carbocycles. The number of methoxy groups -OCH3 is 1. The van der Waals surface area contributed by atoms with Gasteiger partial charge in [-0.1, -0.05) is 11.6 Å². The van der Waals surface area contributed by atoms with E-state index < -0.39 is 47.9 Å². The predicted molar refractivity (Wildman–Crippen MR) is 154 cm³/mol. The molecule has 0 atom stereocenters. The second-order valence-corrected chi connectivity index (χ2v) is 10.4. The van der Waals surface area contributed by atoms with Gasteiger partial charge in [0.2, 0.25) is 0 Å². The molecule has 4 rings (SSSR count). The van der Waals surface area contributed by atoms with E-state index in [2.05, 4.69) is 30.5 Å². The Bertz CT molecular complexity index is 1910. The second kappa shape index (κ2) is 13.0. The maximum absolute atomic E-state index is 14.0. The zero-order chi connectivity index (χ0) is 34.8. The van der Waals surface area contributed by atoms with Crippen molar-refractivity contribution in [2.75, 3.05) is 19.5 Å². The quantitative estimate of drug-likeness (QED) is 0.202. The van der Waals surface area contributed by atoms with Gasteiger partial charge in [0.15, 0.2) is 11.5 Å². The van der Waals surface area contributed by atoms with E-state index in [0.717, 1.165) is 28.9 Å². The Balaban J connectivity index is 1.80. The van der Waals surface area contributed by atoms with Gasteiger partial charge in [0.25, 0.3) is 17.7 Å².